The minimum atomic E-state index is -2.90. The van der Waals surface area contributed by atoms with Crippen LogP contribution in [-0.2, 0) is 15.3 Å². The van der Waals surface area contributed by atoms with Crippen molar-refractivity contribution < 1.29 is 8.60 Å². The summed E-state index contributed by atoms with van der Waals surface area (Å²) in [6, 6.07) is 4.85. The maximum Gasteiger partial charge on any atom is 0.146 e. The number of hydrogen-bond acceptors (Lipinski definition) is 5. The molecule has 5 nitrogen and oxygen atoms in total. The zero-order valence-electron chi connectivity index (χ0n) is 12.5. The molecule has 1 aliphatic rings. The summed E-state index contributed by atoms with van der Waals surface area (Å²) in [6.07, 6.45) is 1.21. The van der Waals surface area contributed by atoms with Crippen LogP contribution in [0, 0.1) is 17.1 Å². The monoisotopic (exact) mass is 388 g/mol. The molecule has 0 radical (unpaired) electrons. The molecule has 0 fully saturated rings. The first-order valence-corrected chi connectivity index (χ1v) is 9.34. The molecule has 0 spiro atoms. The van der Waals surface area contributed by atoms with Crippen LogP contribution in [0.3, 0.4) is 0 Å². The van der Waals surface area contributed by atoms with Crippen LogP contribution in [0.4, 0.5) is 4.39 Å². The molecule has 3 atom stereocenters. The largest absolute Gasteiger partial charge is 0.319 e. The highest BCUT2D eigenvalue weighted by Gasteiger charge is 2.44. The number of halogens is 2. The number of rotatable bonds is 3. The van der Waals surface area contributed by atoms with Crippen LogP contribution in [0.1, 0.15) is 32.4 Å². The first kappa shape index (κ1) is 17.3. The molecular weight excluding hydrogens is 371 g/mol. The van der Waals surface area contributed by atoms with Crippen LogP contribution >= 0.6 is 15.9 Å². The van der Waals surface area contributed by atoms with E-state index in [-0.39, 0.29) is 11.4 Å². The molecule has 1 aromatic heterocycles. The number of nitrogens with zero attached hydrogens (tertiary/aromatic N) is 3. The van der Waals surface area contributed by atoms with Gasteiger partial charge in [-0.15, -0.1) is 0 Å². The lowest BCUT2D eigenvalue weighted by molar-refractivity contribution is 0.475. The van der Waals surface area contributed by atoms with Gasteiger partial charge in [-0.3, -0.25) is 0 Å². The topological polar surface area (TPSA) is 92.1 Å². The number of aromatic nitrogens is 1. The van der Waals surface area contributed by atoms with Crippen molar-refractivity contribution in [2.75, 3.05) is 12.3 Å². The summed E-state index contributed by atoms with van der Waals surface area (Å²) in [5, 5.41) is 9.42. The minimum Gasteiger partial charge on any atom is -0.319 e. The van der Waals surface area contributed by atoms with Crippen molar-refractivity contribution in [1.82, 2.24) is 4.98 Å². The highest BCUT2D eigenvalue weighted by atomic mass is 79.9. The Morgan fingerprint density at radius 1 is 1.64 bits per heavy atom. The normalized spacial score (nSPS) is 30.9. The molecule has 0 unspecified atom stereocenters. The smallest absolute Gasteiger partial charge is 0.146 e. The van der Waals surface area contributed by atoms with E-state index in [9.17, 15) is 13.9 Å². The Labute approximate surface area is 138 Å². The molecular formula is C14H18BrFN4OS. The second-order valence-corrected chi connectivity index (χ2v) is 9.51. The van der Waals surface area contributed by atoms with Gasteiger partial charge in [-0.2, -0.15) is 5.26 Å². The summed E-state index contributed by atoms with van der Waals surface area (Å²) in [5.74, 6) is -0.671. The molecule has 120 valence electrons. The van der Waals surface area contributed by atoms with E-state index in [1.54, 1.807) is 13.8 Å². The standard InChI is InChI=1S/C14H18BrFN4OS/c1-13(8-17)6-3-7-19-22(13,21)9-14(2,18)12-10(16)4-5-11(15)20-12/h4-5H,3,6-7,9,18H2,1-2H3/t13-,14+,22-/m1/s1. The molecule has 22 heavy (non-hydrogen) atoms. The van der Waals surface area contributed by atoms with Gasteiger partial charge in [0.2, 0.25) is 0 Å². The van der Waals surface area contributed by atoms with Crippen LogP contribution < -0.4 is 5.73 Å². The fourth-order valence-electron chi connectivity index (χ4n) is 2.56. The molecule has 0 amide bonds. The van der Waals surface area contributed by atoms with Crippen molar-refractivity contribution >= 4 is 25.7 Å². The van der Waals surface area contributed by atoms with Crippen LogP contribution in [0.2, 0.25) is 0 Å². The van der Waals surface area contributed by atoms with Gasteiger partial charge in [-0.05, 0) is 54.8 Å². The Morgan fingerprint density at radius 3 is 2.95 bits per heavy atom. The summed E-state index contributed by atoms with van der Waals surface area (Å²) >= 11 is 3.18. The van der Waals surface area contributed by atoms with Crippen molar-refractivity contribution in [1.29, 1.82) is 5.26 Å². The van der Waals surface area contributed by atoms with Crippen LogP contribution in [0.5, 0.6) is 0 Å². The second-order valence-electron chi connectivity index (χ2n) is 5.97. The van der Waals surface area contributed by atoms with Crippen LogP contribution in [-0.4, -0.2) is 26.2 Å². The van der Waals surface area contributed by atoms with Gasteiger partial charge in [-0.25, -0.2) is 17.9 Å². The van der Waals surface area contributed by atoms with E-state index in [1.807, 2.05) is 0 Å². The second kappa shape index (κ2) is 5.87. The Balaban J connectivity index is 2.48. The lowest BCUT2D eigenvalue weighted by Crippen LogP contribution is -2.49. The first-order valence-electron chi connectivity index (χ1n) is 6.86. The Morgan fingerprint density at radius 2 is 2.32 bits per heavy atom. The predicted octanol–water partition coefficient (Wildman–Crippen LogP) is 2.70. The maximum atomic E-state index is 14.1. The van der Waals surface area contributed by atoms with Crippen molar-refractivity contribution in [2.24, 2.45) is 10.1 Å². The summed E-state index contributed by atoms with van der Waals surface area (Å²) in [6.45, 7) is 3.64. The molecule has 0 saturated carbocycles. The van der Waals surface area contributed by atoms with Gasteiger partial charge in [0.15, 0.2) is 0 Å². The molecule has 8 heteroatoms. The average molecular weight is 389 g/mol. The van der Waals surface area contributed by atoms with Gasteiger partial charge in [-0.1, -0.05) is 0 Å². The molecule has 1 aliphatic heterocycles. The minimum absolute atomic E-state index is 0.0191. The first-order chi connectivity index (χ1) is 10.1. The Bertz CT molecular complexity index is 752. The fraction of sp³-hybridized carbons (Fsp3) is 0.571. The van der Waals surface area contributed by atoms with E-state index in [0.29, 0.717) is 24.0 Å². The molecule has 1 aromatic rings. The van der Waals surface area contributed by atoms with E-state index < -0.39 is 25.8 Å². The Hall–Kier alpha value is -1.04. The van der Waals surface area contributed by atoms with Crippen molar-refractivity contribution in [3.8, 4) is 6.07 Å². The van der Waals surface area contributed by atoms with Crippen LogP contribution in [0.15, 0.2) is 21.1 Å². The summed E-state index contributed by atoms with van der Waals surface area (Å²) < 4.78 is 30.9. The lowest BCUT2D eigenvalue weighted by Gasteiger charge is -2.34. The molecule has 0 bridgehead atoms. The third-order valence-corrected chi connectivity index (χ3v) is 7.64. The van der Waals surface area contributed by atoms with Crippen molar-refractivity contribution in [2.45, 2.75) is 37.0 Å². The third kappa shape index (κ3) is 3.03. The number of hydrogen-bond donors (Lipinski definition) is 1. The van der Waals surface area contributed by atoms with E-state index >= 15 is 0 Å². The van der Waals surface area contributed by atoms with Gasteiger partial charge >= 0.3 is 0 Å². The van der Waals surface area contributed by atoms with E-state index in [1.165, 1.54) is 12.1 Å². The van der Waals surface area contributed by atoms with Crippen molar-refractivity contribution in [3.63, 3.8) is 0 Å². The lowest BCUT2D eigenvalue weighted by atomic mass is 10.0. The van der Waals surface area contributed by atoms with Gasteiger partial charge in [0.1, 0.15) is 15.2 Å². The van der Waals surface area contributed by atoms with E-state index in [0.717, 1.165) is 0 Å². The van der Waals surface area contributed by atoms with Crippen LogP contribution in [0.25, 0.3) is 0 Å². The Kier molecular flexibility index (Phi) is 4.62. The van der Waals surface area contributed by atoms with E-state index in [4.69, 9.17) is 5.73 Å². The summed E-state index contributed by atoms with van der Waals surface area (Å²) in [4.78, 5) is 4.08. The van der Waals surface area contributed by atoms with E-state index in [2.05, 4.69) is 31.3 Å². The highest BCUT2D eigenvalue weighted by molar-refractivity contribution is 9.10. The zero-order chi connectivity index (χ0) is 16.6. The van der Waals surface area contributed by atoms with Gasteiger partial charge in [0.25, 0.3) is 0 Å². The fourth-order valence-corrected chi connectivity index (χ4v) is 5.54. The van der Waals surface area contributed by atoms with Gasteiger partial charge in [0.05, 0.1) is 32.8 Å². The molecule has 0 aromatic carbocycles. The predicted molar refractivity (Wildman–Crippen MR) is 87.0 cm³/mol. The zero-order valence-corrected chi connectivity index (χ0v) is 14.9. The number of nitrogens with two attached hydrogens (primary N) is 1. The number of pyridine rings is 1. The quantitative estimate of drug-likeness (QED) is 0.805. The SMILES string of the molecule is C[C@](N)(C[S@]1(=O)=NCCC[C@]1(C)C#N)c1nc(Br)ccc1F. The van der Waals surface area contributed by atoms with Crippen molar-refractivity contribution in [3.05, 3.63) is 28.2 Å². The maximum absolute atomic E-state index is 14.1. The molecule has 2 N–H and O–H groups in total. The summed E-state index contributed by atoms with van der Waals surface area (Å²) in [5.41, 5.74) is 4.96. The average Bonchev–Trinajstić information content (AvgIpc) is 2.44. The third-order valence-electron chi connectivity index (χ3n) is 3.90. The molecule has 0 saturated heterocycles. The highest BCUT2D eigenvalue weighted by Crippen LogP contribution is 2.34. The molecule has 0 aliphatic carbocycles. The molecule has 2 heterocycles. The van der Waals surface area contributed by atoms with Gasteiger partial charge in [0, 0.05) is 6.54 Å². The number of nitriles is 1. The van der Waals surface area contributed by atoms with Gasteiger partial charge < -0.3 is 5.73 Å². The molecule has 2 rings (SSSR count). The summed E-state index contributed by atoms with van der Waals surface area (Å²) in [7, 11) is -2.90.